The van der Waals surface area contributed by atoms with Crippen LogP contribution < -0.4 is 9.62 Å². The molecule has 31 heavy (non-hydrogen) atoms. The molecule has 0 saturated carbocycles. The lowest BCUT2D eigenvalue weighted by Gasteiger charge is -2.29. The lowest BCUT2D eigenvalue weighted by Crippen LogP contribution is -2.41. The molecule has 0 atom stereocenters. The average molecular weight is 444 g/mol. The number of rotatable bonds is 4. The van der Waals surface area contributed by atoms with Crippen LogP contribution in [0.5, 0.6) is 0 Å². The van der Waals surface area contributed by atoms with Crippen molar-refractivity contribution in [1.82, 2.24) is 4.90 Å². The Morgan fingerprint density at radius 3 is 2.52 bits per heavy atom. The summed E-state index contributed by atoms with van der Waals surface area (Å²) in [6.07, 6.45) is 1.48. The minimum Gasteiger partial charge on any atom is -0.378 e. The normalized spacial score (nSPS) is 16.5. The van der Waals surface area contributed by atoms with Crippen LogP contribution in [0.3, 0.4) is 0 Å². The van der Waals surface area contributed by atoms with Crippen molar-refractivity contribution >= 4 is 33.2 Å². The van der Waals surface area contributed by atoms with E-state index in [4.69, 9.17) is 4.74 Å². The second-order valence-electron chi connectivity index (χ2n) is 7.62. The maximum atomic E-state index is 13.1. The van der Waals surface area contributed by atoms with E-state index in [0.29, 0.717) is 44.8 Å². The van der Waals surface area contributed by atoms with Crippen molar-refractivity contribution in [3.8, 4) is 0 Å². The van der Waals surface area contributed by atoms with Crippen LogP contribution in [0, 0.1) is 0 Å². The third kappa shape index (κ3) is 4.42. The number of nitrogens with one attached hydrogen (secondary N) is 1. The van der Waals surface area contributed by atoms with E-state index in [1.807, 2.05) is 0 Å². The Balaban J connectivity index is 1.61. The second kappa shape index (κ2) is 8.68. The maximum Gasteiger partial charge on any atom is 0.261 e. The van der Waals surface area contributed by atoms with Gasteiger partial charge in [-0.05, 0) is 48.7 Å². The molecule has 1 saturated heterocycles. The zero-order valence-electron chi connectivity index (χ0n) is 17.3. The second-order valence-corrected chi connectivity index (χ2v) is 9.30. The highest BCUT2D eigenvalue weighted by molar-refractivity contribution is 7.92. The van der Waals surface area contributed by atoms with Gasteiger partial charge >= 0.3 is 0 Å². The van der Waals surface area contributed by atoms with E-state index in [0.717, 1.165) is 17.7 Å². The summed E-state index contributed by atoms with van der Waals surface area (Å²) in [5, 5.41) is 0. The van der Waals surface area contributed by atoms with Gasteiger partial charge in [-0.3, -0.25) is 14.3 Å². The average Bonchev–Trinajstić information content (AvgIpc) is 2.78. The van der Waals surface area contributed by atoms with Crippen molar-refractivity contribution < 1.29 is 22.7 Å². The largest absolute Gasteiger partial charge is 0.378 e. The molecule has 164 valence electrons. The molecule has 0 aliphatic carbocycles. The number of benzene rings is 2. The number of carbonyl (C=O) groups is 2. The predicted octanol–water partition coefficient (Wildman–Crippen LogP) is 2.26. The molecule has 2 aromatic carbocycles. The number of sulfonamides is 1. The first-order valence-corrected chi connectivity index (χ1v) is 11.7. The van der Waals surface area contributed by atoms with Crippen molar-refractivity contribution in [2.75, 3.05) is 42.5 Å². The minimum atomic E-state index is -3.92. The Labute approximate surface area is 181 Å². The summed E-state index contributed by atoms with van der Waals surface area (Å²) in [7, 11) is -3.92. The smallest absolute Gasteiger partial charge is 0.261 e. The highest BCUT2D eigenvalue weighted by atomic mass is 32.2. The van der Waals surface area contributed by atoms with Gasteiger partial charge in [-0.1, -0.05) is 12.1 Å². The van der Waals surface area contributed by atoms with Gasteiger partial charge in [-0.2, -0.15) is 0 Å². The first-order chi connectivity index (χ1) is 14.9. The van der Waals surface area contributed by atoms with Crippen LogP contribution in [-0.2, 0) is 26.0 Å². The number of hydrogen-bond acceptors (Lipinski definition) is 5. The zero-order chi connectivity index (χ0) is 22.0. The Hall–Kier alpha value is -2.91. The molecule has 8 nitrogen and oxygen atoms in total. The summed E-state index contributed by atoms with van der Waals surface area (Å²) in [6.45, 7) is 4.00. The zero-order valence-corrected chi connectivity index (χ0v) is 18.2. The van der Waals surface area contributed by atoms with Gasteiger partial charge in [0.1, 0.15) is 0 Å². The molecule has 2 amide bonds. The molecule has 2 aliphatic heterocycles. The summed E-state index contributed by atoms with van der Waals surface area (Å²) >= 11 is 0. The van der Waals surface area contributed by atoms with Gasteiger partial charge in [-0.15, -0.1) is 0 Å². The number of nitrogens with zero attached hydrogens (tertiary/aromatic N) is 2. The van der Waals surface area contributed by atoms with Crippen LogP contribution in [0.4, 0.5) is 11.4 Å². The molecule has 0 aromatic heterocycles. The number of hydrogen-bond donors (Lipinski definition) is 1. The summed E-state index contributed by atoms with van der Waals surface area (Å²) in [5.74, 6) is -0.297. The Bertz CT molecular complexity index is 1110. The van der Waals surface area contributed by atoms with Gasteiger partial charge < -0.3 is 14.5 Å². The number of carbonyl (C=O) groups excluding carboxylic acids is 2. The van der Waals surface area contributed by atoms with Crippen LogP contribution >= 0.6 is 0 Å². The predicted molar refractivity (Wildman–Crippen MR) is 117 cm³/mol. The molecule has 9 heteroatoms. The topological polar surface area (TPSA) is 96.0 Å². The monoisotopic (exact) mass is 443 g/mol. The van der Waals surface area contributed by atoms with E-state index in [1.54, 1.807) is 46.2 Å². The minimum absolute atomic E-state index is 0.0646. The van der Waals surface area contributed by atoms with Crippen LogP contribution in [-0.4, -0.2) is 58.0 Å². The van der Waals surface area contributed by atoms with Gasteiger partial charge in [0.05, 0.1) is 29.4 Å². The fraction of sp³-hybridized carbons (Fsp3) is 0.364. The fourth-order valence-electron chi connectivity index (χ4n) is 3.97. The van der Waals surface area contributed by atoms with Crippen LogP contribution in [0.15, 0.2) is 47.4 Å². The molecule has 0 unspecified atom stereocenters. The lowest BCUT2D eigenvalue weighted by atomic mass is 10.0. The van der Waals surface area contributed by atoms with Gasteiger partial charge in [0.2, 0.25) is 5.91 Å². The SMILES string of the molecule is CC(=O)N1CCCc2cc(S(=O)(=O)Nc3ccccc3C(=O)N3CCOCC3)ccc21. The summed E-state index contributed by atoms with van der Waals surface area (Å²) in [4.78, 5) is 28.2. The van der Waals surface area contributed by atoms with Crippen molar-refractivity contribution in [1.29, 1.82) is 0 Å². The molecule has 1 fully saturated rings. The fourth-order valence-corrected chi connectivity index (χ4v) is 5.10. The lowest BCUT2D eigenvalue weighted by molar-refractivity contribution is -0.116. The van der Waals surface area contributed by atoms with Crippen molar-refractivity contribution in [3.63, 3.8) is 0 Å². The van der Waals surface area contributed by atoms with Crippen LogP contribution in [0.1, 0.15) is 29.3 Å². The number of amides is 2. The molecule has 2 aromatic rings. The first kappa shape index (κ1) is 21.3. The number of anilines is 2. The quantitative estimate of drug-likeness (QED) is 0.782. The van der Waals surface area contributed by atoms with Gasteiger partial charge in [0, 0.05) is 32.2 Å². The number of aryl methyl sites for hydroxylation is 1. The van der Waals surface area contributed by atoms with E-state index in [1.165, 1.54) is 13.0 Å². The van der Waals surface area contributed by atoms with Crippen molar-refractivity contribution in [2.45, 2.75) is 24.7 Å². The first-order valence-electron chi connectivity index (χ1n) is 10.3. The number of para-hydroxylation sites is 1. The van der Waals surface area contributed by atoms with E-state index < -0.39 is 10.0 Å². The molecule has 2 aliphatic rings. The van der Waals surface area contributed by atoms with E-state index in [2.05, 4.69) is 4.72 Å². The summed E-state index contributed by atoms with van der Waals surface area (Å²) < 4.78 is 34.1. The molecule has 4 rings (SSSR count). The van der Waals surface area contributed by atoms with E-state index >= 15 is 0 Å². The standard InChI is InChI=1S/C22H25N3O5S/c1-16(26)25-10-4-5-17-15-18(8-9-21(17)25)31(28,29)23-20-7-3-2-6-19(20)22(27)24-11-13-30-14-12-24/h2-3,6-9,15,23H,4-5,10-14H2,1H3. The Morgan fingerprint density at radius 2 is 1.77 bits per heavy atom. The third-order valence-electron chi connectivity index (χ3n) is 5.56. The number of ether oxygens (including phenoxy) is 1. The maximum absolute atomic E-state index is 13.1. The van der Waals surface area contributed by atoms with Crippen LogP contribution in [0.2, 0.25) is 0 Å². The van der Waals surface area contributed by atoms with Crippen molar-refractivity contribution in [3.05, 3.63) is 53.6 Å². The molecule has 0 radical (unpaired) electrons. The van der Waals surface area contributed by atoms with Crippen LogP contribution in [0.25, 0.3) is 0 Å². The molecule has 1 N–H and O–H groups in total. The molecule has 2 heterocycles. The number of morpholine rings is 1. The molecular weight excluding hydrogens is 418 g/mol. The molecular formula is C22H25N3O5S. The van der Waals surface area contributed by atoms with Crippen molar-refractivity contribution in [2.24, 2.45) is 0 Å². The third-order valence-corrected chi connectivity index (χ3v) is 6.92. The van der Waals surface area contributed by atoms with E-state index in [-0.39, 0.29) is 22.4 Å². The Morgan fingerprint density at radius 1 is 1.03 bits per heavy atom. The van der Waals surface area contributed by atoms with Gasteiger partial charge in [0.25, 0.3) is 15.9 Å². The van der Waals surface area contributed by atoms with E-state index in [9.17, 15) is 18.0 Å². The molecule has 0 spiro atoms. The van der Waals surface area contributed by atoms with Gasteiger partial charge in [-0.25, -0.2) is 8.42 Å². The summed E-state index contributed by atoms with van der Waals surface area (Å²) in [6, 6.07) is 11.4. The highest BCUT2D eigenvalue weighted by Crippen LogP contribution is 2.30. The molecule has 0 bridgehead atoms. The number of fused-ring (bicyclic) bond motifs is 1. The van der Waals surface area contributed by atoms with Gasteiger partial charge in [0.15, 0.2) is 0 Å². The Kier molecular flexibility index (Phi) is 5.97. The highest BCUT2D eigenvalue weighted by Gasteiger charge is 2.26. The summed E-state index contributed by atoms with van der Waals surface area (Å²) in [5.41, 5.74) is 2.11.